The van der Waals surface area contributed by atoms with E-state index in [1.165, 1.54) is 4.88 Å². The molecular weight excluding hydrogens is 304 g/mol. The lowest BCUT2D eigenvalue weighted by Crippen LogP contribution is -2.17. The molecule has 2 rings (SSSR count). The highest BCUT2D eigenvalue weighted by molar-refractivity contribution is 7.09. The van der Waals surface area contributed by atoms with Gasteiger partial charge >= 0.3 is 0 Å². The maximum Gasteiger partial charge on any atom is 0.240 e. The second-order valence-electron chi connectivity index (χ2n) is 4.60. The van der Waals surface area contributed by atoms with Crippen LogP contribution in [-0.4, -0.2) is 12.1 Å². The van der Waals surface area contributed by atoms with Crippen LogP contribution < -0.4 is 5.43 Å². The summed E-state index contributed by atoms with van der Waals surface area (Å²) in [5, 5.41) is 6.62. The number of nitrogens with zero attached hydrogens (tertiary/aromatic N) is 1. The number of nitrogens with one attached hydrogen (secondary N) is 1. The molecule has 0 aliphatic heterocycles. The average Bonchev–Trinajstić information content (AvgIpc) is 2.99. The fourth-order valence-electron chi connectivity index (χ4n) is 1.85. The summed E-state index contributed by atoms with van der Waals surface area (Å²) in [6.45, 7) is 0. The molecule has 1 N–H and O–H groups in total. The number of amides is 1. The summed E-state index contributed by atoms with van der Waals surface area (Å²) in [6, 6.07) is 11.5. The maximum atomic E-state index is 11.6. The first-order chi connectivity index (χ1) is 10.3. The van der Waals surface area contributed by atoms with Gasteiger partial charge in [0, 0.05) is 21.9 Å². The molecule has 1 aromatic heterocycles. The molecule has 0 aliphatic rings. The molecule has 5 heteroatoms. The molecule has 1 heterocycles. The minimum Gasteiger partial charge on any atom is -0.273 e. The molecule has 0 saturated heterocycles. The first-order valence-electron chi connectivity index (χ1n) is 6.84. The Labute approximate surface area is 133 Å². The van der Waals surface area contributed by atoms with Gasteiger partial charge in [0.15, 0.2) is 0 Å². The zero-order valence-corrected chi connectivity index (χ0v) is 13.2. The topological polar surface area (TPSA) is 41.5 Å². The van der Waals surface area contributed by atoms with E-state index in [9.17, 15) is 4.79 Å². The lowest BCUT2D eigenvalue weighted by molar-refractivity contribution is -0.121. The Morgan fingerprint density at radius 1 is 1.24 bits per heavy atom. The van der Waals surface area contributed by atoms with Gasteiger partial charge in [0.2, 0.25) is 5.91 Å². The van der Waals surface area contributed by atoms with Crippen LogP contribution in [0.3, 0.4) is 0 Å². The molecule has 21 heavy (non-hydrogen) atoms. The second-order valence-corrected chi connectivity index (χ2v) is 6.04. The number of halogens is 1. The molecule has 0 saturated carbocycles. The minimum atomic E-state index is -0.0653. The van der Waals surface area contributed by atoms with Crippen LogP contribution in [0.4, 0.5) is 0 Å². The molecule has 1 aromatic carbocycles. The van der Waals surface area contributed by atoms with E-state index in [1.807, 2.05) is 18.2 Å². The number of rotatable bonds is 7. The second kappa shape index (κ2) is 8.60. The molecule has 0 unspecified atom stereocenters. The van der Waals surface area contributed by atoms with Gasteiger partial charge in [-0.05, 0) is 36.8 Å². The summed E-state index contributed by atoms with van der Waals surface area (Å²) in [7, 11) is 0. The van der Waals surface area contributed by atoms with Crippen molar-refractivity contribution >= 4 is 35.1 Å². The fourth-order valence-corrected chi connectivity index (χ4v) is 2.78. The molecule has 0 fully saturated rings. The largest absolute Gasteiger partial charge is 0.273 e. The first-order valence-corrected chi connectivity index (χ1v) is 8.10. The van der Waals surface area contributed by atoms with E-state index < -0.39 is 0 Å². The smallest absolute Gasteiger partial charge is 0.240 e. The average molecular weight is 321 g/mol. The summed E-state index contributed by atoms with van der Waals surface area (Å²) >= 11 is 7.75. The van der Waals surface area contributed by atoms with Crippen molar-refractivity contribution in [2.45, 2.75) is 25.7 Å². The monoisotopic (exact) mass is 320 g/mol. The van der Waals surface area contributed by atoms with Gasteiger partial charge in [-0.1, -0.05) is 35.9 Å². The van der Waals surface area contributed by atoms with Gasteiger partial charge in [-0.25, -0.2) is 5.43 Å². The van der Waals surface area contributed by atoms with Crippen molar-refractivity contribution in [3.8, 4) is 0 Å². The highest BCUT2D eigenvalue weighted by atomic mass is 35.5. The van der Waals surface area contributed by atoms with Gasteiger partial charge in [-0.3, -0.25) is 4.79 Å². The lowest BCUT2D eigenvalue weighted by atomic mass is 10.2. The van der Waals surface area contributed by atoms with Crippen LogP contribution in [-0.2, 0) is 11.2 Å². The quantitative estimate of drug-likeness (QED) is 0.462. The van der Waals surface area contributed by atoms with Gasteiger partial charge in [-0.2, -0.15) is 5.10 Å². The van der Waals surface area contributed by atoms with Gasteiger partial charge in [-0.15, -0.1) is 11.3 Å². The van der Waals surface area contributed by atoms with Crippen LogP contribution in [0.5, 0.6) is 0 Å². The van der Waals surface area contributed by atoms with Crippen molar-refractivity contribution in [3.63, 3.8) is 0 Å². The Balaban J connectivity index is 1.64. The van der Waals surface area contributed by atoms with E-state index in [1.54, 1.807) is 23.6 Å². The zero-order chi connectivity index (χ0) is 14.9. The van der Waals surface area contributed by atoms with Crippen molar-refractivity contribution in [1.82, 2.24) is 5.43 Å². The molecular formula is C16H17ClN2OS. The number of hydrazone groups is 1. The third kappa shape index (κ3) is 5.69. The van der Waals surface area contributed by atoms with Gasteiger partial charge in [0.1, 0.15) is 0 Å². The summed E-state index contributed by atoms with van der Waals surface area (Å²) in [5.74, 6) is -0.0653. The Bertz CT molecular complexity index is 596. The third-order valence-corrected chi connectivity index (χ3v) is 4.24. The molecule has 0 bridgehead atoms. The SMILES string of the molecule is O=C(CCCCc1cccs1)N/N=C/c1ccccc1Cl. The van der Waals surface area contributed by atoms with Gasteiger partial charge < -0.3 is 0 Å². The molecule has 0 radical (unpaired) electrons. The number of carbonyl (C=O) groups is 1. The number of hydrogen-bond donors (Lipinski definition) is 1. The first kappa shape index (κ1) is 15.7. The molecule has 0 atom stereocenters. The minimum absolute atomic E-state index is 0.0653. The normalized spacial score (nSPS) is 10.9. The van der Waals surface area contributed by atoms with Crippen LogP contribution in [0.1, 0.15) is 29.7 Å². The molecule has 110 valence electrons. The van der Waals surface area contributed by atoms with E-state index in [0.29, 0.717) is 11.4 Å². The van der Waals surface area contributed by atoms with Crippen LogP contribution in [0.15, 0.2) is 46.9 Å². The highest BCUT2D eigenvalue weighted by Gasteiger charge is 2.01. The summed E-state index contributed by atoms with van der Waals surface area (Å²) in [5.41, 5.74) is 3.32. The van der Waals surface area contributed by atoms with Crippen LogP contribution >= 0.6 is 22.9 Å². The number of carbonyl (C=O) groups excluding carboxylic acids is 1. The zero-order valence-electron chi connectivity index (χ0n) is 11.6. The summed E-state index contributed by atoms with van der Waals surface area (Å²) in [4.78, 5) is 13.0. The van der Waals surface area contributed by atoms with Crippen molar-refractivity contribution < 1.29 is 4.79 Å². The van der Waals surface area contributed by atoms with Crippen LogP contribution in [0.25, 0.3) is 0 Å². The van der Waals surface area contributed by atoms with E-state index in [2.05, 4.69) is 28.0 Å². The van der Waals surface area contributed by atoms with E-state index >= 15 is 0 Å². The van der Waals surface area contributed by atoms with Gasteiger partial charge in [0.25, 0.3) is 0 Å². The predicted octanol–water partition coefficient (Wildman–Crippen LogP) is 4.26. The van der Waals surface area contributed by atoms with E-state index in [-0.39, 0.29) is 5.91 Å². The van der Waals surface area contributed by atoms with Gasteiger partial charge in [0.05, 0.1) is 6.21 Å². The number of unbranched alkanes of at least 4 members (excludes halogenated alkanes) is 1. The fraction of sp³-hybridized carbons (Fsp3) is 0.250. The predicted molar refractivity (Wildman–Crippen MR) is 89.1 cm³/mol. The molecule has 1 amide bonds. The Morgan fingerprint density at radius 2 is 2.10 bits per heavy atom. The summed E-state index contributed by atoms with van der Waals surface area (Å²) < 4.78 is 0. The Kier molecular flexibility index (Phi) is 6.44. The summed E-state index contributed by atoms with van der Waals surface area (Å²) in [6.07, 6.45) is 4.97. The number of hydrogen-bond acceptors (Lipinski definition) is 3. The van der Waals surface area contributed by atoms with Crippen LogP contribution in [0.2, 0.25) is 5.02 Å². The standard InChI is InChI=1S/C16H17ClN2OS/c17-15-9-3-1-6-13(15)12-18-19-16(20)10-4-2-7-14-8-5-11-21-14/h1,3,5-6,8-9,11-12H,2,4,7,10H2,(H,19,20)/b18-12+. The van der Waals surface area contributed by atoms with Crippen molar-refractivity contribution in [1.29, 1.82) is 0 Å². The maximum absolute atomic E-state index is 11.6. The van der Waals surface area contributed by atoms with Crippen molar-refractivity contribution in [3.05, 3.63) is 57.2 Å². The number of aryl methyl sites for hydroxylation is 1. The number of thiophene rings is 1. The molecule has 3 nitrogen and oxygen atoms in total. The number of benzene rings is 1. The Hall–Kier alpha value is -1.65. The molecule has 0 aliphatic carbocycles. The van der Waals surface area contributed by atoms with E-state index in [4.69, 9.17) is 11.6 Å². The lowest BCUT2D eigenvalue weighted by Gasteiger charge is -2.00. The molecule has 0 spiro atoms. The molecule has 2 aromatic rings. The van der Waals surface area contributed by atoms with Crippen molar-refractivity contribution in [2.24, 2.45) is 5.10 Å². The third-order valence-electron chi connectivity index (χ3n) is 2.96. The van der Waals surface area contributed by atoms with Crippen molar-refractivity contribution in [2.75, 3.05) is 0 Å². The highest BCUT2D eigenvalue weighted by Crippen LogP contribution is 2.13. The van der Waals surface area contributed by atoms with E-state index in [0.717, 1.165) is 24.8 Å². The Morgan fingerprint density at radius 3 is 2.86 bits per heavy atom. The van der Waals surface area contributed by atoms with Crippen LogP contribution in [0, 0.1) is 0 Å².